The molecule has 0 aliphatic rings. The largest absolute Gasteiger partial charge is 0.323 e. The van der Waals surface area contributed by atoms with Crippen molar-refractivity contribution in [1.82, 2.24) is 0 Å². The molecule has 0 saturated carbocycles. The summed E-state index contributed by atoms with van der Waals surface area (Å²) in [5.41, 5.74) is 4.92. The topological polar surface area (TPSA) is 200 Å². The third-order valence-corrected chi connectivity index (χ3v) is 10.6. The molecule has 2 unspecified atom stereocenters. The first-order chi connectivity index (χ1) is 30.6. The van der Waals surface area contributed by atoms with Crippen molar-refractivity contribution in [3.05, 3.63) is 140 Å². The number of nitrogens with zero attached hydrogens (tertiary/aromatic N) is 4. The fourth-order valence-corrected chi connectivity index (χ4v) is 7.15. The summed E-state index contributed by atoms with van der Waals surface area (Å²) in [5, 5.41) is 27.7. The Hall–Kier alpha value is -6.32. The molecule has 0 spiro atoms. The molecule has 0 radical (unpaired) electrons. The van der Waals surface area contributed by atoms with E-state index in [9.17, 15) is 28.8 Å². The van der Waals surface area contributed by atoms with Crippen LogP contribution in [0.3, 0.4) is 0 Å². The molecular formula is C46H42Cl4N8O6. The molecule has 14 nitrogen and oxygen atoms in total. The first-order valence-electron chi connectivity index (χ1n) is 19.8. The van der Waals surface area contributed by atoms with Gasteiger partial charge in [0.15, 0.2) is 11.6 Å². The molecule has 4 N–H and O–H groups in total. The number of halogens is 4. The molecule has 4 amide bonds. The molecule has 0 aliphatic carbocycles. The van der Waals surface area contributed by atoms with Crippen molar-refractivity contribution >= 4 is 116 Å². The predicted octanol–water partition coefficient (Wildman–Crippen LogP) is 11.5. The Morgan fingerprint density at radius 2 is 0.875 bits per heavy atom. The molecule has 330 valence electrons. The normalized spacial score (nSPS) is 12.1. The van der Waals surface area contributed by atoms with E-state index < -0.39 is 47.3 Å². The Labute approximate surface area is 389 Å². The highest BCUT2D eigenvalue weighted by atomic mass is 35.5. The second-order valence-electron chi connectivity index (χ2n) is 14.2. The van der Waals surface area contributed by atoms with E-state index in [1.165, 1.54) is 50.2 Å². The molecule has 64 heavy (non-hydrogen) atoms. The van der Waals surface area contributed by atoms with E-state index in [1.54, 1.807) is 60.7 Å². The van der Waals surface area contributed by atoms with Crippen molar-refractivity contribution in [2.45, 2.75) is 64.4 Å². The first kappa shape index (κ1) is 48.7. The highest BCUT2D eigenvalue weighted by molar-refractivity contribution is 6.32. The summed E-state index contributed by atoms with van der Waals surface area (Å²) < 4.78 is 0. The molecule has 2 atom stereocenters. The molecule has 0 heterocycles. The Bertz CT molecular complexity index is 2490. The van der Waals surface area contributed by atoms with Crippen LogP contribution < -0.4 is 21.3 Å². The lowest BCUT2D eigenvalue weighted by molar-refractivity contribution is -0.127. The number of carbonyl (C=O) groups is 6. The molecule has 0 bridgehead atoms. The Balaban J connectivity index is 1.31. The summed E-state index contributed by atoms with van der Waals surface area (Å²) in [4.78, 5) is 78.9. The summed E-state index contributed by atoms with van der Waals surface area (Å²) in [6.45, 7) is 6.04. The van der Waals surface area contributed by atoms with E-state index in [0.29, 0.717) is 57.8 Å². The van der Waals surface area contributed by atoms with Gasteiger partial charge < -0.3 is 21.3 Å². The molecule has 5 aromatic rings. The number of nitrogens with one attached hydrogen (secondary N) is 4. The number of ketones is 2. The predicted molar refractivity (Wildman–Crippen MR) is 251 cm³/mol. The molecular weight excluding hydrogens is 902 g/mol. The van der Waals surface area contributed by atoms with E-state index in [1.807, 2.05) is 13.8 Å². The second kappa shape index (κ2) is 22.9. The van der Waals surface area contributed by atoms with Crippen LogP contribution in [0.1, 0.15) is 70.7 Å². The van der Waals surface area contributed by atoms with Gasteiger partial charge in [0.05, 0.1) is 11.4 Å². The van der Waals surface area contributed by atoms with Crippen LogP contribution in [0.5, 0.6) is 0 Å². The zero-order valence-corrected chi connectivity index (χ0v) is 38.0. The van der Waals surface area contributed by atoms with Gasteiger partial charge in [-0.15, -0.1) is 23.2 Å². The van der Waals surface area contributed by atoms with E-state index in [-0.39, 0.29) is 44.3 Å². The quantitative estimate of drug-likeness (QED) is 0.0382. The van der Waals surface area contributed by atoms with Gasteiger partial charge in [-0.25, -0.2) is 0 Å². The van der Waals surface area contributed by atoms with Gasteiger partial charge in [0.1, 0.15) is 0 Å². The van der Waals surface area contributed by atoms with Crippen LogP contribution in [-0.2, 0) is 43.8 Å². The summed E-state index contributed by atoms with van der Waals surface area (Å²) >= 11 is 24.7. The van der Waals surface area contributed by atoms with Gasteiger partial charge in [0.25, 0.3) is 23.6 Å². The highest BCUT2D eigenvalue weighted by Gasteiger charge is 2.27. The summed E-state index contributed by atoms with van der Waals surface area (Å²) in [5.74, 6) is -3.38. The molecule has 18 heteroatoms. The van der Waals surface area contributed by atoms with Crippen LogP contribution in [0.2, 0.25) is 10.0 Å². The fraction of sp³-hybridized carbons (Fsp3) is 0.217. The second-order valence-corrected chi connectivity index (χ2v) is 15.6. The van der Waals surface area contributed by atoms with Crippen molar-refractivity contribution < 1.29 is 28.8 Å². The van der Waals surface area contributed by atoms with Crippen molar-refractivity contribution in [2.24, 2.45) is 20.5 Å². The number of rotatable bonds is 18. The third-order valence-electron chi connectivity index (χ3n) is 9.56. The standard InChI is InChI=1S/C46H42Cl4N8O6/c1-5-27-19-40(54-46(64)42(26(4)60)58-56-36-18-32(16-34(50)22-36)44(62)52-38-14-10-8-12-30(38)24-48)28(6-2)20-39(27)53-45(63)41(25(3)59)57-55-35-17-31(15-33(49)21-35)43(61)51-37-13-9-7-11-29(37)23-47/h7-22,41-42H,5-6,23-24H2,1-4H3,(H,51,61)(H,52,62)(H,53,63)(H,54,64). The van der Waals surface area contributed by atoms with Crippen LogP contribution in [0.4, 0.5) is 34.1 Å². The van der Waals surface area contributed by atoms with E-state index in [2.05, 4.69) is 41.7 Å². The number of Topliss-reactive ketones (excluding diaryl/α,β-unsaturated/α-hetero) is 2. The lowest BCUT2D eigenvalue weighted by Crippen LogP contribution is -2.33. The minimum atomic E-state index is -1.57. The van der Waals surface area contributed by atoms with Crippen molar-refractivity contribution in [2.75, 3.05) is 21.3 Å². The number of alkyl halides is 2. The van der Waals surface area contributed by atoms with Crippen molar-refractivity contribution in [1.29, 1.82) is 0 Å². The van der Waals surface area contributed by atoms with Crippen LogP contribution in [0, 0.1) is 0 Å². The monoisotopic (exact) mass is 942 g/mol. The molecule has 0 saturated heterocycles. The van der Waals surface area contributed by atoms with E-state index >= 15 is 0 Å². The van der Waals surface area contributed by atoms with Crippen molar-refractivity contribution in [3.63, 3.8) is 0 Å². The number of hydrogen-bond donors (Lipinski definition) is 4. The Kier molecular flexibility index (Phi) is 17.4. The van der Waals surface area contributed by atoms with Crippen LogP contribution in [0.15, 0.2) is 118 Å². The SMILES string of the molecule is CCc1cc(NC(=O)C(N=Nc2cc(Cl)cc(C(=O)Nc3ccccc3CCl)c2)C(C)=O)c(CC)cc1NC(=O)C(N=Nc1cc(Cl)cc(C(=O)Nc2ccccc2CCl)c1)C(C)=O. The number of anilines is 4. The number of benzene rings is 5. The number of carbonyl (C=O) groups excluding carboxylic acids is 6. The molecule has 0 fully saturated rings. The third kappa shape index (κ3) is 12.9. The zero-order chi connectivity index (χ0) is 46.5. The number of azo groups is 2. The maximum atomic E-state index is 13.6. The smallest absolute Gasteiger partial charge is 0.258 e. The Morgan fingerprint density at radius 1 is 0.500 bits per heavy atom. The lowest BCUT2D eigenvalue weighted by atomic mass is 10.0. The number of aryl methyl sites for hydroxylation is 2. The van der Waals surface area contributed by atoms with Gasteiger partial charge >= 0.3 is 0 Å². The molecule has 0 aromatic heterocycles. The molecule has 5 aromatic carbocycles. The fourth-order valence-electron chi connectivity index (χ4n) is 6.23. The van der Waals surface area contributed by atoms with Crippen molar-refractivity contribution in [3.8, 4) is 0 Å². The number of para-hydroxylation sites is 2. The van der Waals surface area contributed by atoms with Gasteiger partial charge in [0, 0.05) is 55.7 Å². The van der Waals surface area contributed by atoms with E-state index in [4.69, 9.17) is 46.4 Å². The number of amides is 4. The Morgan fingerprint density at radius 3 is 1.22 bits per heavy atom. The maximum absolute atomic E-state index is 13.6. The van der Waals surface area contributed by atoms with Gasteiger partial charge in [-0.1, -0.05) is 73.4 Å². The minimum Gasteiger partial charge on any atom is -0.323 e. The molecule has 0 aliphatic heterocycles. The minimum absolute atomic E-state index is 0.124. The number of hydrogen-bond acceptors (Lipinski definition) is 10. The van der Waals surface area contributed by atoms with Gasteiger partial charge in [0.2, 0.25) is 12.1 Å². The average molecular weight is 945 g/mol. The van der Waals surface area contributed by atoms with Gasteiger partial charge in [-0.05, 0) is 110 Å². The first-order valence-corrected chi connectivity index (χ1v) is 21.6. The molecule has 5 rings (SSSR count). The summed E-state index contributed by atoms with van der Waals surface area (Å²) in [6.07, 6.45) is 0.769. The summed E-state index contributed by atoms with van der Waals surface area (Å²) in [6, 6.07) is 22.8. The summed E-state index contributed by atoms with van der Waals surface area (Å²) in [7, 11) is 0. The van der Waals surface area contributed by atoms with E-state index in [0.717, 1.165) is 0 Å². The zero-order valence-electron chi connectivity index (χ0n) is 35.0. The van der Waals surface area contributed by atoms with Crippen LogP contribution in [0.25, 0.3) is 0 Å². The van der Waals surface area contributed by atoms with Crippen LogP contribution >= 0.6 is 46.4 Å². The average Bonchev–Trinajstić information content (AvgIpc) is 3.26. The van der Waals surface area contributed by atoms with Crippen LogP contribution in [-0.4, -0.2) is 47.3 Å². The highest BCUT2D eigenvalue weighted by Crippen LogP contribution is 2.30. The van der Waals surface area contributed by atoms with Gasteiger partial charge in [-0.2, -0.15) is 20.5 Å². The maximum Gasteiger partial charge on any atom is 0.258 e. The van der Waals surface area contributed by atoms with Gasteiger partial charge in [-0.3, -0.25) is 28.8 Å². The lowest BCUT2D eigenvalue weighted by Gasteiger charge is -2.18.